The number of hydrogen-bond donors (Lipinski definition) is 1. The number of carbonyl (C=O) groups excluding carboxylic acids is 1. The zero-order valence-corrected chi connectivity index (χ0v) is 11.4. The van der Waals surface area contributed by atoms with Crippen LogP contribution >= 0.6 is 11.6 Å². The number of halogens is 1. The monoisotopic (exact) mass is 293 g/mol. The van der Waals surface area contributed by atoms with Gasteiger partial charge in [-0.3, -0.25) is 14.9 Å². The maximum atomic E-state index is 12.1. The van der Waals surface area contributed by atoms with Gasteiger partial charge >= 0.3 is 0 Å². The number of amides is 1. The molecule has 104 valence electrons. The number of nitrogens with zero attached hydrogens (tertiary/aromatic N) is 2. The molecule has 0 fully saturated rings. The van der Waals surface area contributed by atoms with Gasteiger partial charge in [0.2, 0.25) is 0 Å². The van der Waals surface area contributed by atoms with Crippen LogP contribution in [0.1, 0.15) is 13.3 Å². The van der Waals surface area contributed by atoms with Gasteiger partial charge < -0.3 is 5.32 Å². The average Bonchev–Trinajstić information content (AvgIpc) is 2.38. The minimum absolute atomic E-state index is 0.0515. The summed E-state index contributed by atoms with van der Waals surface area (Å²) in [5.41, 5.74) is -0.291. The van der Waals surface area contributed by atoms with Gasteiger partial charge in [0, 0.05) is 6.20 Å². The van der Waals surface area contributed by atoms with E-state index in [1.807, 2.05) is 0 Å². The lowest BCUT2D eigenvalue weighted by atomic mass is 9.94. The van der Waals surface area contributed by atoms with E-state index in [1.165, 1.54) is 18.3 Å². The van der Waals surface area contributed by atoms with E-state index < -0.39 is 15.7 Å². The molecule has 7 heteroatoms. The van der Waals surface area contributed by atoms with Gasteiger partial charge in [0.1, 0.15) is 11.4 Å². The summed E-state index contributed by atoms with van der Waals surface area (Å²) in [6.07, 6.45) is 4.58. The Kier molecular flexibility index (Phi) is 3.85. The van der Waals surface area contributed by atoms with Crippen LogP contribution in [0.5, 0.6) is 0 Å². The minimum atomic E-state index is -0.809. The Labute approximate surface area is 120 Å². The van der Waals surface area contributed by atoms with Gasteiger partial charge in [-0.25, -0.2) is 4.98 Å². The van der Waals surface area contributed by atoms with Crippen molar-refractivity contribution in [1.82, 2.24) is 4.98 Å². The highest BCUT2D eigenvalue weighted by molar-refractivity contribution is 6.26. The molecule has 1 N–H and O–H groups in total. The third-order valence-electron chi connectivity index (χ3n) is 2.76. The molecule has 0 bridgehead atoms. The number of alkyl halides is 1. The second kappa shape index (κ2) is 5.42. The summed E-state index contributed by atoms with van der Waals surface area (Å²) < 4.78 is 0. The Balaban J connectivity index is 2.28. The first-order valence-electron chi connectivity index (χ1n) is 5.88. The molecule has 20 heavy (non-hydrogen) atoms. The van der Waals surface area contributed by atoms with Gasteiger partial charge in [-0.2, -0.15) is 0 Å². The number of nitro groups is 1. The summed E-state index contributed by atoms with van der Waals surface area (Å²) in [7, 11) is 0. The van der Waals surface area contributed by atoms with E-state index in [-0.39, 0.29) is 11.3 Å². The lowest BCUT2D eigenvalue weighted by Gasteiger charge is -2.21. The van der Waals surface area contributed by atoms with Gasteiger partial charge in [-0.1, -0.05) is 6.07 Å². The molecule has 1 aliphatic carbocycles. The van der Waals surface area contributed by atoms with Crippen LogP contribution in [-0.2, 0) is 4.79 Å². The molecule has 1 heterocycles. The van der Waals surface area contributed by atoms with E-state index >= 15 is 0 Å². The van der Waals surface area contributed by atoms with Gasteiger partial charge in [-0.05, 0) is 37.6 Å². The molecule has 1 aromatic rings. The fourth-order valence-electron chi connectivity index (χ4n) is 1.82. The van der Waals surface area contributed by atoms with Crippen LogP contribution in [0.25, 0.3) is 0 Å². The SMILES string of the molecule is CC1(Cl)C=C(C(=O)Nc2ccccn2)C([N+](=O)[O-])=CC1. The number of hydrogen-bond acceptors (Lipinski definition) is 4. The highest BCUT2D eigenvalue weighted by Crippen LogP contribution is 2.31. The maximum Gasteiger partial charge on any atom is 0.278 e. The molecule has 1 aliphatic rings. The second-order valence-electron chi connectivity index (χ2n) is 4.56. The largest absolute Gasteiger partial charge is 0.306 e. The Morgan fingerprint density at radius 3 is 2.90 bits per heavy atom. The Bertz CT molecular complexity index is 609. The van der Waals surface area contributed by atoms with E-state index in [0.717, 1.165) is 0 Å². The van der Waals surface area contributed by atoms with E-state index in [1.54, 1.807) is 25.1 Å². The predicted octanol–water partition coefficient (Wildman–Crippen LogP) is 2.51. The van der Waals surface area contributed by atoms with Crippen LogP contribution in [0.4, 0.5) is 5.82 Å². The normalized spacial score (nSPS) is 21.7. The predicted molar refractivity (Wildman–Crippen MR) is 74.9 cm³/mol. The molecule has 0 saturated heterocycles. The molecular weight excluding hydrogens is 282 g/mol. The summed E-state index contributed by atoms with van der Waals surface area (Å²) in [4.78, 5) is 25.7. The quantitative estimate of drug-likeness (QED) is 0.527. The molecule has 1 atom stereocenters. The number of anilines is 1. The fourth-order valence-corrected chi connectivity index (χ4v) is 2.00. The molecular formula is C13H12ClN3O3. The first-order chi connectivity index (χ1) is 9.39. The highest BCUT2D eigenvalue weighted by Gasteiger charge is 2.33. The van der Waals surface area contributed by atoms with E-state index in [9.17, 15) is 14.9 Å². The highest BCUT2D eigenvalue weighted by atomic mass is 35.5. The van der Waals surface area contributed by atoms with Gasteiger partial charge in [0.15, 0.2) is 0 Å². The third-order valence-corrected chi connectivity index (χ3v) is 3.03. The molecule has 1 amide bonds. The third kappa shape index (κ3) is 3.21. The summed E-state index contributed by atoms with van der Waals surface area (Å²) in [5, 5.41) is 13.5. The smallest absolute Gasteiger partial charge is 0.278 e. The zero-order chi connectivity index (χ0) is 14.8. The van der Waals surface area contributed by atoms with Gasteiger partial charge in [-0.15, -0.1) is 11.6 Å². The van der Waals surface area contributed by atoms with Gasteiger partial charge in [0.25, 0.3) is 11.6 Å². The summed E-state index contributed by atoms with van der Waals surface area (Å²) in [5.74, 6) is -0.277. The maximum absolute atomic E-state index is 12.1. The molecule has 1 unspecified atom stereocenters. The molecule has 0 aromatic carbocycles. The molecule has 0 radical (unpaired) electrons. The molecule has 1 aromatic heterocycles. The zero-order valence-electron chi connectivity index (χ0n) is 10.7. The Morgan fingerprint density at radius 2 is 2.30 bits per heavy atom. The molecule has 0 aliphatic heterocycles. The first kappa shape index (κ1) is 14.2. The van der Waals surface area contributed by atoms with Crippen molar-refractivity contribution in [1.29, 1.82) is 0 Å². The molecule has 0 saturated carbocycles. The van der Waals surface area contributed by atoms with Crippen molar-refractivity contribution in [2.75, 3.05) is 5.32 Å². The molecule has 2 rings (SSSR count). The van der Waals surface area contributed by atoms with Crippen LogP contribution in [0.15, 0.2) is 47.8 Å². The Morgan fingerprint density at radius 1 is 1.55 bits per heavy atom. The number of aromatic nitrogens is 1. The lowest BCUT2D eigenvalue weighted by Crippen LogP contribution is -2.26. The standard InChI is InChI=1S/C13H12ClN3O3/c1-13(14)6-5-10(17(19)20)9(8-13)12(18)16-11-4-2-3-7-15-11/h2-5,7-8H,6H2,1H3,(H,15,16,18). The Hall–Kier alpha value is -2.21. The van der Waals surface area contributed by atoms with Crippen LogP contribution in [0.2, 0.25) is 0 Å². The van der Waals surface area contributed by atoms with E-state index in [0.29, 0.717) is 12.2 Å². The minimum Gasteiger partial charge on any atom is -0.306 e. The van der Waals surface area contributed by atoms with Crippen LogP contribution < -0.4 is 5.32 Å². The number of allylic oxidation sites excluding steroid dienone is 2. The van der Waals surface area contributed by atoms with Crippen molar-refractivity contribution in [3.8, 4) is 0 Å². The first-order valence-corrected chi connectivity index (χ1v) is 6.26. The lowest BCUT2D eigenvalue weighted by molar-refractivity contribution is -0.420. The van der Waals surface area contributed by atoms with Crippen LogP contribution in [0.3, 0.4) is 0 Å². The van der Waals surface area contributed by atoms with Crippen molar-refractivity contribution in [3.63, 3.8) is 0 Å². The topological polar surface area (TPSA) is 85.1 Å². The van der Waals surface area contributed by atoms with Crippen molar-refractivity contribution in [2.24, 2.45) is 0 Å². The van der Waals surface area contributed by atoms with Crippen molar-refractivity contribution < 1.29 is 9.72 Å². The van der Waals surface area contributed by atoms with Crippen LogP contribution in [0, 0.1) is 10.1 Å². The van der Waals surface area contributed by atoms with Crippen molar-refractivity contribution >= 4 is 23.3 Å². The average molecular weight is 294 g/mol. The second-order valence-corrected chi connectivity index (χ2v) is 5.42. The van der Waals surface area contributed by atoms with Crippen molar-refractivity contribution in [3.05, 3.63) is 57.9 Å². The number of nitrogens with one attached hydrogen (secondary N) is 1. The summed E-state index contributed by atoms with van der Waals surface area (Å²) in [6, 6.07) is 5.00. The number of pyridine rings is 1. The van der Waals surface area contributed by atoms with Crippen LogP contribution in [-0.4, -0.2) is 20.7 Å². The number of rotatable bonds is 3. The van der Waals surface area contributed by atoms with Crippen molar-refractivity contribution in [2.45, 2.75) is 18.2 Å². The van der Waals surface area contributed by atoms with E-state index in [4.69, 9.17) is 11.6 Å². The fraction of sp³-hybridized carbons (Fsp3) is 0.231. The van der Waals surface area contributed by atoms with E-state index in [2.05, 4.69) is 10.3 Å². The summed E-state index contributed by atoms with van der Waals surface area (Å²) in [6.45, 7) is 1.69. The van der Waals surface area contributed by atoms with Gasteiger partial charge in [0.05, 0.1) is 9.80 Å². The molecule has 6 nitrogen and oxygen atoms in total. The number of carbonyl (C=O) groups is 1. The summed E-state index contributed by atoms with van der Waals surface area (Å²) >= 11 is 6.14. The molecule has 0 spiro atoms.